The maximum Gasteiger partial charge on any atom is 0.322 e. The topological polar surface area (TPSA) is 70.6 Å². The number of carbonyl (C=O) groups excluding carboxylic acids is 1. The van der Waals surface area contributed by atoms with Crippen LogP contribution in [0.2, 0.25) is 5.02 Å². The number of piperidine rings is 1. The molecule has 0 bridgehead atoms. The quantitative estimate of drug-likeness (QED) is 0.492. The molecule has 2 amide bonds. The van der Waals surface area contributed by atoms with Gasteiger partial charge in [0.1, 0.15) is 5.75 Å². The number of carbonyl (C=O) groups is 1. The van der Waals surface area contributed by atoms with E-state index in [1.54, 1.807) is 29.2 Å². The fourth-order valence-electron chi connectivity index (χ4n) is 4.29. The van der Waals surface area contributed by atoms with Gasteiger partial charge in [-0.15, -0.1) is 0 Å². The molecular formula is C25H24ClF2N5O2. The second kappa shape index (κ2) is 10.0. The number of fused-ring (bicyclic) bond motifs is 1. The molecule has 0 spiro atoms. The zero-order valence-corrected chi connectivity index (χ0v) is 19.7. The standard InChI is InChI=1S/C25H24ClF2N5O2/c26-16-5-4-6-17(13-16)29-25(34)33-12-9-22-19(15-33)23(35-18-7-8-20(27)21(28)14-18)31-24(30-22)32-10-2-1-3-11-32/h4-8,13-14H,1-3,9-12,15H2,(H,29,34). The summed E-state index contributed by atoms with van der Waals surface area (Å²) in [6.07, 6.45) is 3.78. The number of amides is 2. The molecule has 3 aromatic rings. The number of aromatic nitrogens is 2. The van der Waals surface area contributed by atoms with Gasteiger partial charge >= 0.3 is 6.03 Å². The Morgan fingerprint density at radius 3 is 2.60 bits per heavy atom. The second-order valence-electron chi connectivity index (χ2n) is 8.59. The van der Waals surface area contributed by atoms with Gasteiger partial charge in [-0.1, -0.05) is 17.7 Å². The molecule has 1 N–H and O–H groups in total. The van der Waals surface area contributed by atoms with Crippen LogP contribution in [0.5, 0.6) is 11.6 Å². The lowest BCUT2D eigenvalue weighted by Crippen LogP contribution is -2.40. The van der Waals surface area contributed by atoms with Crippen LogP contribution < -0.4 is 15.0 Å². The molecule has 182 valence electrons. The van der Waals surface area contributed by atoms with Crippen molar-refractivity contribution >= 4 is 29.3 Å². The highest BCUT2D eigenvalue weighted by Gasteiger charge is 2.28. The van der Waals surface area contributed by atoms with Crippen LogP contribution in [0.25, 0.3) is 0 Å². The van der Waals surface area contributed by atoms with Crippen molar-refractivity contribution < 1.29 is 18.3 Å². The summed E-state index contributed by atoms with van der Waals surface area (Å²) >= 11 is 6.03. The first-order chi connectivity index (χ1) is 17.0. The van der Waals surface area contributed by atoms with Gasteiger partial charge in [0.15, 0.2) is 11.6 Å². The van der Waals surface area contributed by atoms with E-state index >= 15 is 0 Å². The predicted octanol–water partition coefficient (Wildman–Crippen LogP) is 5.78. The molecule has 0 atom stereocenters. The Bertz CT molecular complexity index is 1250. The van der Waals surface area contributed by atoms with Crippen LogP contribution in [0.4, 0.5) is 25.2 Å². The zero-order chi connectivity index (χ0) is 24.4. The Morgan fingerprint density at radius 2 is 1.83 bits per heavy atom. The average molecular weight is 500 g/mol. The first kappa shape index (κ1) is 23.3. The molecule has 0 aliphatic carbocycles. The molecule has 3 heterocycles. The highest BCUT2D eigenvalue weighted by molar-refractivity contribution is 6.30. The molecule has 5 rings (SSSR count). The molecule has 10 heteroatoms. The number of hydrogen-bond donors (Lipinski definition) is 1. The van der Waals surface area contributed by atoms with Crippen molar-refractivity contribution in [3.05, 3.63) is 70.4 Å². The van der Waals surface area contributed by atoms with Gasteiger partial charge in [0.05, 0.1) is 17.8 Å². The molecular weight excluding hydrogens is 476 g/mol. The van der Waals surface area contributed by atoms with Gasteiger partial charge < -0.3 is 19.9 Å². The normalized spacial score (nSPS) is 15.5. The minimum atomic E-state index is -1.01. The molecule has 2 aliphatic rings. The van der Waals surface area contributed by atoms with Crippen LogP contribution >= 0.6 is 11.6 Å². The summed E-state index contributed by atoms with van der Waals surface area (Å²) in [5.41, 5.74) is 2.01. The van der Waals surface area contributed by atoms with Gasteiger partial charge in [0, 0.05) is 42.8 Å². The summed E-state index contributed by atoms with van der Waals surface area (Å²) in [6.45, 7) is 2.36. The van der Waals surface area contributed by atoms with Gasteiger partial charge in [-0.2, -0.15) is 4.98 Å². The molecule has 1 saturated heterocycles. The lowest BCUT2D eigenvalue weighted by Gasteiger charge is -2.32. The Balaban J connectivity index is 1.44. The number of ether oxygens (including phenoxy) is 1. The van der Waals surface area contributed by atoms with E-state index in [2.05, 4.69) is 15.2 Å². The van der Waals surface area contributed by atoms with E-state index in [-0.39, 0.29) is 24.2 Å². The van der Waals surface area contributed by atoms with E-state index in [9.17, 15) is 13.6 Å². The summed E-state index contributed by atoms with van der Waals surface area (Å²) in [6, 6.07) is 9.96. The third kappa shape index (κ3) is 5.30. The molecule has 1 fully saturated rings. The van der Waals surface area contributed by atoms with Crippen LogP contribution in [0.3, 0.4) is 0 Å². The number of halogens is 3. The summed E-state index contributed by atoms with van der Waals surface area (Å²) in [5, 5.41) is 3.37. The molecule has 0 radical (unpaired) electrons. The van der Waals surface area contributed by atoms with Crippen molar-refractivity contribution in [2.75, 3.05) is 29.9 Å². The van der Waals surface area contributed by atoms with E-state index in [4.69, 9.17) is 21.3 Å². The van der Waals surface area contributed by atoms with E-state index in [1.807, 2.05) is 0 Å². The number of nitrogens with one attached hydrogen (secondary N) is 1. The van der Waals surface area contributed by atoms with Gasteiger partial charge in [-0.25, -0.2) is 18.6 Å². The Morgan fingerprint density at radius 1 is 1.00 bits per heavy atom. The fourth-order valence-corrected chi connectivity index (χ4v) is 4.48. The minimum Gasteiger partial charge on any atom is -0.438 e. The van der Waals surface area contributed by atoms with Crippen LogP contribution in [0.15, 0.2) is 42.5 Å². The van der Waals surface area contributed by atoms with Crippen molar-refractivity contribution in [2.24, 2.45) is 0 Å². The van der Waals surface area contributed by atoms with Crippen LogP contribution in [-0.2, 0) is 13.0 Å². The van der Waals surface area contributed by atoms with Gasteiger partial charge in [-0.05, 0) is 49.6 Å². The van der Waals surface area contributed by atoms with E-state index in [1.165, 1.54) is 6.07 Å². The Kier molecular flexibility index (Phi) is 6.68. The first-order valence-electron chi connectivity index (χ1n) is 11.6. The molecule has 35 heavy (non-hydrogen) atoms. The van der Waals surface area contributed by atoms with Crippen molar-refractivity contribution in [3.8, 4) is 11.6 Å². The third-order valence-corrected chi connectivity index (χ3v) is 6.35. The van der Waals surface area contributed by atoms with Crippen molar-refractivity contribution in [1.29, 1.82) is 0 Å². The number of hydrogen-bond acceptors (Lipinski definition) is 5. The predicted molar refractivity (Wildman–Crippen MR) is 129 cm³/mol. The number of urea groups is 1. The van der Waals surface area contributed by atoms with Crippen molar-refractivity contribution in [3.63, 3.8) is 0 Å². The second-order valence-corrected chi connectivity index (χ2v) is 9.03. The van der Waals surface area contributed by atoms with Crippen LogP contribution in [0, 0.1) is 11.6 Å². The lowest BCUT2D eigenvalue weighted by molar-refractivity contribution is 0.205. The van der Waals surface area contributed by atoms with Gasteiger partial charge in [0.25, 0.3) is 0 Å². The smallest absolute Gasteiger partial charge is 0.322 e. The monoisotopic (exact) mass is 499 g/mol. The highest BCUT2D eigenvalue weighted by atomic mass is 35.5. The summed E-state index contributed by atoms with van der Waals surface area (Å²) in [7, 11) is 0. The van der Waals surface area contributed by atoms with E-state index in [0.29, 0.717) is 35.2 Å². The fraction of sp³-hybridized carbons (Fsp3) is 0.320. The maximum absolute atomic E-state index is 13.8. The van der Waals surface area contributed by atoms with Crippen LogP contribution in [0.1, 0.15) is 30.5 Å². The number of anilines is 2. The largest absolute Gasteiger partial charge is 0.438 e. The number of nitrogens with zero attached hydrogens (tertiary/aromatic N) is 4. The Hall–Kier alpha value is -3.46. The number of rotatable bonds is 4. The van der Waals surface area contributed by atoms with Crippen molar-refractivity contribution in [1.82, 2.24) is 14.9 Å². The summed E-state index contributed by atoms with van der Waals surface area (Å²) in [4.78, 5) is 26.1. The average Bonchev–Trinajstić information content (AvgIpc) is 2.86. The third-order valence-electron chi connectivity index (χ3n) is 6.12. The first-order valence-corrected chi connectivity index (χ1v) is 11.9. The minimum absolute atomic E-state index is 0.120. The molecule has 7 nitrogen and oxygen atoms in total. The molecule has 0 unspecified atom stereocenters. The molecule has 1 aromatic heterocycles. The summed E-state index contributed by atoms with van der Waals surface area (Å²) < 4.78 is 33.2. The Labute approximate surface area is 206 Å². The SMILES string of the molecule is O=C(Nc1cccc(Cl)c1)N1CCc2nc(N3CCCCC3)nc(Oc3ccc(F)c(F)c3)c2C1. The molecule has 2 aliphatic heterocycles. The molecule has 0 saturated carbocycles. The molecule has 2 aromatic carbocycles. The van der Waals surface area contributed by atoms with E-state index < -0.39 is 11.6 Å². The van der Waals surface area contributed by atoms with Crippen molar-refractivity contribution in [2.45, 2.75) is 32.2 Å². The zero-order valence-electron chi connectivity index (χ0n) is 18.9. The van der Waals surface area contributed by atoms with Gasteiger partial charge in [-0.3, -0.25) is 0 Å². The van der Waals surface area contributed by atoms with Crippen LogP contribution in [-0.4, -0.2) is 40.5 Å². The maximum atomic E-state index is 13.8. The number of benzene rings is 2. The lowest BCUT2D eigenvalue weighted by atomic mass is 10.1. The highest BCUT2D eigenvalue weighted by Crippen LogP contribution is 2.33. The van der Waals surface area contributed by atoms with Gasteiger partial charge in [0.2, 0.25) is 11.8 Å². The summed E-state index contributed by atoms with van der Waals surface area (Å²) in [5.74, 6) is -1.06. The van der Waals surface area contributed by atoms with E-state index in [0.717, 1.165) is 50.2 Å².